The maximum absolute atomic E-state index is 12.4. The lowest BCUT2D eigenvalue weighted by molar-refractivity contribution is -0.134. The van der Waals surface area contributed by atoms with E-state index >= 15 is 0 Å². The third kappa shape index (κ3) is 4.04. The fourth-order valence-electron chi connectivity index (χ4n) is 2.74. The molecule has 1 fully saturated rings. The second-order valence-electron chi connectivity index (χ2n) is 5.46. The highest BCUT2D eigenvalue weighted by Gasteiger charge is 2.27. The number of methoxy groups -OCH3 is 1. The number of ether oxygens (including phenoxy) is 1. The highest BCUT2D eigenvalue weighted by molar-refractivity contribution is 5.81. The molecule has 2 rings (SSSR count). The maximum Gasteiger partial charge on any atom is 0.227 e. The van der Waals surface area contributed by atoms with Crippen LogP contribution in [0.15, 0.2) is 24.3 Å². The van der Waals surface area contributed by atoms with Gasteiger partial charge in [0, 0.05) is 20.2 Å². The van der Waals surface area contributed by atoms with Crippen LogP contribution in [0.3, 0.4) is 0 Å². The van der Waals surface area contributed by atoms with E-state index in [1.165, 1.54) is 0 Å². The molecule has 0 spiro atoms. The van der Waals surface area contributed by atoms with Crippen molar-refractivity contribution in [1.82, 2.24) is 4.90 Å². The molecule has 2 amide bonds. The van der Waals surface area contributed by atoms with Crippen LogP contribution < -0.4 is 5.73 Å². The van der Waals surface area contributed by atoms with E-state index in [-0.39, 0.29) is 17.7 Å². The Kier molecular flexibility index (Phi) is 5.33. The van der Waals surface area contributed by atoms with Crippen LogP contribution in [0.25, 0.3) is 0 Å². The lowest BCUT2D eigenvalue weighted by atomic mass is 9.96. The maximum atomic E-state index is 12.4. The molecule has 1 aromatic rings. The van der Waals surface area contributed by atoms with Gasteiger partial charge < -0.3 is 15.4 Å². The van der Waals surface area contributed by atoms with Crippen LogP contribution in [0.5, 0.6) is 0 Å². The number of rotatable bonds is 5. The van der Waals surface area contributed by atoms with Gasteiger partial charge in [-0.25, -0.2) is 0 Å². The fraction of sp³-hybridized carbons (Fsp3) is 0.500. The van der Waals surface area contributed by atoms with Gasteiger partial charge in [0.05, 0.1) is 18.9 Å². The molecule has 1 heterocycles. The van der Waals surface area contributed by atoms with Crippen molar-refractivity contribution in [2.24, 2.45) is 11.7 Å². The predicted molar refractivity (Wildman–Crippen MR) is 79.4 cm³/mol. The minimum Gasteiger partial charge on any atom is -0.380 e. The number of carbonyl (C=O) groups excluding carboxylic acids is 2. The Hall–Kier alpha value is -1.88. The van der Waals surface area contributed by atoms with Crippen molar-refractivity contribution in [3.05, 3.63) is 35.4 Å². The molecule has 0 saturated carbocycles. The second kappa shape index (κ2) is 7.22. The Bertz CT molecular complexity index is 516. The van der Waals surface area contributed by atoms with Crippen LogP contribution in [0.2, 0.25) is 0 Å². The summed E-state index contributed by atoms with van der Waals surface area (Å²) < 4.78 is 5.16. The van der Waals surface area contributed by atoms with Gasteiger partial charge in [0.25, 0.3) is 0 Å². The summed E-state index contributed by atoms with van der Waals surface area (Å²) in [7, 11) is 1.64. The first-order valence-electron chi connectivity index (χ1n) is 7.24. The van der Waals surface area contributed by atoms with Gasteiger partial charge in [-0.15, -0.1) is 0 Å². The smallest absolute Gasteiger partial charge is 0.227 e. The highest BCUT2D eigenvalue weighted by atomic mass is 16.5. The summed E-state index contributed by atoms with van der Waals surface area (Å²) >= 11 is 0. The normalized spacial score (nSPS) is 18.5. The van der Waals surface area contributed by atoms with Gasteiger partial charge in [-0.2, -0.15) is 0 Å². The average molecular weight is 290 g/mol. The van der Waals surface area contributed by atoms with Crippen molar-refractivity contribution < 1.29 is 14.3 Å². The largest absolute Gasteiger partial charge is 0.380 e. The molecule has 5 nitrogen and oxygen atoms in total. The molecule has 0 bridgehead atoms. The zero-order valence-electron chi connectivity index (χ0n) is 12.4. The summed E-state index contributed by atoms with van der Waals surface area (Å²) in [5.41, 5.74) is 7.35. The lowest BCUT2D eigenvalue weighted by Gasteiger charge is -2.31. The molecule has 0 unspecified atom stereocenters. The van der Waals surface area contributed by atoms with E-state index in [4.69, 9.17) is 10.5 Å². The number of nitrogens with zero attached hydrogens (tertiary/aromatic N) is 1. The van der Waals surface area contributed by atoms with Gasteiger partial charge in [-0.1, -0.05) is 24.3 Å². The quantitative estimate of drug-likeness (QED) is 0.882. The number of nitrogens with two attached hydrogens (primary N) is 1. The van der Waals surface area contributed by atoms with Crippen molar-refractivity contribution in [1.29, 1.82) is 0 Å². The molecule has 1 aliphatic heterocycles. The monoisotopic (exact) mass is 290 g/mol. The summed E-state index contributed by atoms with van der Waals surface area (Å²) in [5.74, 6) is -0.478. The number of primary amides is 1. The van der Waals surface area contributed by atoms with Gasteiger partial charge >= 0.3 is 0 Å². The lowest BCUT2D eigenvalue weighted by Crippen LogP contribution is -2.44. The molecule has 1 aliphatic rings. The minimum absolute atomic E-state index is 0.0458. The first kappa shape index (κ1) is 15.5. The molecule has 114 valence electrons. The molecule has 0 aliphatic carbocycles. The molecule has 0 radical (unpaired) electrons. The number of hydrogen-bond acceptors (Lipinski definition) is 3. The Labute approximate surface area is 125 Å². The SMILES string of the molecule is COCc1ccccc1CC(=O)N1CCC[C@H](C(N)=O)C1. The standard InChI is InChI=1S/C16H22N2O3/c1-21-11-14-6-3-2-5-12(14)9-15(19)18-8-4-7-13(10-18)16(17)20/h2-3,5-6,13H,4,7-11H2,1H3,(H2,17,20)/t13-/m0/s1. The third-order valence-corrected chi connectivity index (χ3v) is 3.94. The topological polar surface area (TPSA) is 72.6 Å². The van der Waals surface area contributed by atoms with Crippen LogP contribution in [0.1, 0.15) is 24.0 Å². The van der Waals surface area contributed by atoms with Gasteiger partial charge in [0.15, 0.2) is 0 Å². The zero-order chi connectivity index (χ0) is 15.2. The van der Waals surface area contributed by atoms with Crippen molar-refractivity contribution >= 4 is 11.8 Å². The Morgan fingerprint density at radius 1 is 1.33 bits per heavy atom. The predicted octanol–water partition coefficient (Wildman–Crippen LogP) is 1.10. The van der Waals surface area contributed by atoms with Crippen molar-refractivity contribution in [3.63, 3.8) is 0 Å². The second-order valence-corrected chi connectivity index (χ2v) is 5.46. The molecule has 21 heavy (non-hydrogen) atoms. The van der Waals surface area contributed by atoms with Crippen molar-refractivity contribution in [3.8, 4) is 0 Å². The Balaban J connectivity index is 2.02. The Morgan fingerprint density at radius 3 is 2.71 bits per heavy atom. The summed E-state index contributed by atoms with van der Waals surface area (Å²) in [6.45, 7) is 1.64. The minimum atomic E-state index is -0.313. The van der Waals surface area contributed by atoms with Crippen LogP contribution in [0.4, 0.5) is 0 Å². The van der Waals surface area contributed by atoms with Crippen molar-refractivity contribution in [2.75, 3.05) is 20.2 Å². The van der Waals surface area contributed by atoms with E-state index in [1.54, 1.807) is 12.0 Å². The van der Waals surface area contributed by atoms with E-state index in [2.05, 4.69) is 0 Å². The molecule has 1 saturated heterocycles. The van der Waals surface area contributed by atoms with Crippen LogP contribution in [-0.4, -0.2) is 36.9 Å². The summed E-state index contributed by atoms with van der Waals surface area (Å²) in [6, 6.07) is 7.77. The number of amides is 2. The molecule has 1 aromatic carbocycles. The van der Waals surface area contributed by atoms with E-state index in [0.29, 0.717) is 26.1 Å². The molecule has 1 atom stereocenters. The summed E-state index contributed by atoms with van der Waals surface area (Å²) in [4.78, 5) is 25.5. The molecule has 0 aromatic heterocycles. The molecular weight excluding hydrogens is 268 g/mol. The number of carbonyl (C=O) groups is 2. The van der Waals surface area contributed by atoms with Crippen LogP contribution >= 0.6 is 0 Å². The first-order chi connectivity index (χ1) is 10.1. The number of piperidine rings is 1. The fourth-order valence-corrected chi connectivity index (χ4v) is 2.74. The van der Waals surface area contributed by atoms with Crippen LogP contribution in [0, 0.1) is 5.92 Å². The third-order valence-electron chi connectivity index (χ3n) is 3.94. The molecule has 2 N–H and O–H groups in total. The van der Waals surface area contributed by atoms with Crippen molar-refractivity contribution in [2.45, 2.75) is 25.9 Å². The average Bonchev–Trinajstić information content (AvgIpc) is 2.49. The van der Waals surface area contributed by atoms with E-state index in [9.17, 15) is 9.59 Å². The number of benzene rings is 1. The zero-order valence-corrected chi connectivity index (χ0v) is 12.4. The first-order valence-corrected chi connectivity index (χ1v) is 7.24. The van der Waals surface area contributed by atoms with E-state index in [1.807, 2.05) is 24.3 Å². The van der Waals surface area contributed by atoms with Gasteiger partial charge in [0.2, 0.25) is 11.8 Å². The van der Waals surface area contributed by atoms with E-state index in [0.717, 1.165) is 24.0 Å². The highest BCUT2D eigenvalue weighted by Crippen LogP contribution is 2.18. The van der Waals surface area contributed by atoms with Gasteiger partial charge in [-0.3, -0.25) is 9.59 Å². The summed E-state index contributed by atoms with van der Waals surface area (Å²) in [5, 5.41) is 0. The Morgan fingerprint density at radius 2 is 2.05 bits per heavy atom. The van der Waals surface area contributed by atoms with E-state index < -0.39 is 0 Å². The number of hydrogen-bond donors (Lipinski definition) is 1. The van der Waals surface area contributed by atoms with Gasteiger partial charge in [-0.05, 0) is 24.0 Å². The summed E-state index contributed by atoms with van der Waals surface area (Å²) in [6.07, 6.45) is 1.95. The molecule has 5 heteroatoms. The van der Waals surface area contributed by atoms with Gasteiger partial charge in [0.1, 0.15) is 0 Å². The molecular formula is C16H22N2O3. The number of likely N-dealkylation sites (tertiary alicyclic amines) is 1. The van der Waals surface area contributed by atoms with Crippen LogP contribution in [-0.2, 0) is 27.4 Å².